The summed E-state index contributed by atoms with van der Waals surface area (Å²) < 4.78 is 11.1. The summed E-state index contributed by atoms with van der Waals surface area (Å²) in [5.74, 6) is 3.48. The van der Waals surface area contributed by atoms with Gasteiger partial charge < -0.3 is 4.74 Å². The minimum atomic E-state index is 0.104. The Labute approximate surface area is 296 Å². The van der Waals surface area contributed by atoms with Crippen molar-refractivity contribution in [1.82, 2.24) is 19.3 Å². The van der Waals surface area contributed by atoms with Crippen molar-refractivity contribution < 1.29 is 4.74 Å². The molecule has 50 heavy (non-hydrogen) atoms. The standard InChI is InChI=1S/C45H48N4O/c1-28(2)30(4)35-15-18-41-40(24-35)39-17-16-37(26-42(39)48(41)43-21-29(3)19-20-46-43)50-38-23-33(27-45(7,8)9)22-36(25-38)49-32(6)44(31(5)47-49)34-13-11-10-12-14-34/h10-26,28,30H,27H2,1-9H3. The van der Waals surface area contributed by atoms with E-state index in [-0.39, 0.29) is 5.41 Å². The van der Waals surface area contributed by atoms with E-state index in [1.54, 1.807) is 0 Å². The highest BCUT2D eigenvalue weighted by Gasteiger charge is 2.20. The molecule has 7 aromatic rings. The Morgan fingerprint density at radius 1 is 0.740 bits per heavy atom. The summed E-state index contributed by atoms with van der Waals surface area (Å²) in [6, 6.07) is 34.6. The van der Waals surface area contributed by atoms with Crippen LogP contribution in [0.2, 0.25) is 0 Å². The number of ether oxygens (including phenoxy) is 1. The minimum absolute atomic E-state index is 0.104. The van der Waals surface area contributed by atoms with Gasteiger partial charge in [0.15, 0.2) is 0 Å². The molecular weight excluding hydrogens is 613 g/mol. The van der Waals surface area contributed by atoms with Gasteiger partial charge in [0, 0.05) is 40.4 Å². The van der Waals surface area contributed by atoms with Gasteiger partial charge >= 0.3 is 0 Å². The average Bonchev–Trinajstić information content (AvgIpc) is 3.55. The molecule has 0 aliphatic rings. The van der Waals surface area contributed by atoms with Crippen LogP contribution < -0.4 is 4.74 Å². The molecular formula is C45H48N4O. The van der Waals surface area contributed by atoms with Gasteiger partial charge in [-0.15, -0.1) is 0 Å². The molecule has 0 bridgehead atoms. The lowest BCUT2D eigenvalue weighted by Crippen LogP contribution is -2.10. The number of aromatic nitrogens is 4. The zero-order valence-electron chi connectivity index (χ0n) is 30.9. The Balaban J connectivity index is 1.36. The molecule has 1 unspecified atom stereocenters. The molecule has 0 radical (unpaired) electrons. The molecule has 3 heterocycles. The van der Waals surface area contributed by atoms with Crippen LogP contribution in [-0.4, -0.2) is 19.3 Å². The van der Waals surface area contributed by atoms with Crippen molar-refractivity contribution in [3.63, 3.8) is 0 Å². The maximum Gasteiger partial charge on any atom is 0.137 e. The van der Waals surface area contributed by atoms with Crippen molar-refractivity contribution in [2.75, 3.05) is 0 Å². The molecule has 0 saturated carbocycles. The first-order valence-corrected chi connectivity index (χ1v) is 17.8. The van der Waals surface area contributed by atoms with Crippen molar-refractivity contribution in [2.45, 2.75) is 74.7 Å². The molecule has 0 fully saturated rings. The molecule has 254 valence electrons. The number of hydrogen-bond donors (Lipinski definition) is 0. The van der Waals surface area contributed by atoms with E-state index >= 15 is 0 Å². The molecule has 7 rings (SSSR count). The third-order valence-corrected chi connectivity index (χ3v) is 9.94. The Bertz CT molecular complexity index is 2340. The molecule has 0 aliphatic heterocycles. The van der Waals surface area contributed by atoms with E-state index in [2.05, 4.69) is 163 Å². The third kappa shape index (κ3) is 6.45. The highest BCUT2D eigenvalue weighted by molar-refractivity contribution is 6.09. The monoisotopic (exact) mass is 660 g/mol. The third-order valence-electron chi connectivity index (χ3n) is 9.94. The summed E-state index contributed by atoms with van der Waals surface area (Å²) in [5.41, 5.74) is 11.5. The van der Waals surface area contributed by atoms with Crippen LogP contribution in [0.25, 0.3) is 44.4 Å². The van der Waals surface area contributed by atoms with Gasteiger partial charge in [0.25, 0.3) is 0 Å². The van der Waals surface area contributed by atoms with Crippen LogP contribution in [0.1, 0.15) is 75.5 Å². The van der Waals surface area contributed by atoms with Gasteiger partial charge in [-0.3, -0.25) is 4.57 Å². The van der Waals surface area contributed by atoms with Crippen LogP contribution in [0.3, 0.4) is 0 Å². The fraction of sp³-hybridized carbons (Fsp3) is 0.289. The van der Waals surface area contributed by atoms with Gasteiger partial charge in [-0.1, -0.05) is 77.9 Å². The van der Waals surface area contributed by atoms with Crippen molar-refractivity contribution in [2.24, 2.45) is 11.3 Å². The number of fused-ring (bicyclic) bond motifs is 3. The van der Waals surface area contributed by atoms with Crippen molar-refractivity contribution >= 4 is 21.8 Å². The Hall–Kier alpha value is -5.16. The average molecular weight is 661 g/mol. The number of aryl methyl sites for hydroxylation is 2. The number of rotatable bonds is 8. The first-order chi connectivity index (χ1) is 23.9. The van der Waals surface area contributed by atoms with Crippen molar-refractivity contribution in [3.05, 3.63) is 131 Å². The van der Waals surface area contributed by atoms with E-state index in [0.29, 0.717) is 11.8 Å². The second-order valence-electron chi connectivity index (χ2n) is 15.5. The molecule has 0 spiro atoms. The second kappa shape index (κ2) is 12.9. The van der Waals surface area contributed by atoms with Crippen molar-refractivity contribution in [3.8, 4) is 34.1 Å². The summed E-state index contributed by atoms with van der Waals surface area (Å²) in [5, 5.41) is 7.46. The first-order valence-electron chi connectivity index (χ1n) is 17.8. The zero-order chi connectivity index (χ0) is 35.3. The summed E-state index contributed by atoms with van der Waals surface area (Å²) in [6.07, 6.45) is 2.80. The highest BCUT2D eigenvalue weighted by Crippen LogP contribution is 2.38. The molecule has 0 aliphatic carbocycles. The van der Waals surface area contributed by atoms with Gasteiger partial charge in [0.2, 0.25) is 0 Å². The molecule has 1 atom stereocenters. The van der Waals surface area contributed by atoms with Crippen molar-refractivity contribution in [1.29, 1.82) is 0 Å². The lowest BCUT2D eigenvalue weighted by molar-refractivity contribution is 0.409. The van der Waals surface area contributed by atoms with Crippen LogP contribution in [0.5, 0.6) is 11.5 Å². The fourth-order valence-electron chi connectivity index (χ4n) is 7.23. The summed E-state index contributed by atoms with van der Waals surface area (Å²) >= 11 is 0. The van der Waals surface area contributed by atoms with Crippen LogP contribution in [0, 0.1) is 32.1 Å². The Morgan fingerprint density at radius 3 is 2.24 bits per heavy atom. The van der Waals surface area contributed by atoms with Crippen LogP contribution in [0.4, 0.5) is 0 Å². The van der Waals surface area contributed by atoms with Gasteiger partial charge in [0.05, 0.1) is 22.4 Å². The Morgan fingerprint density at radius 2 is 1.52 bits per heavy atom. The highest BCUT2D eigenvalue weighted by atomic mass is 16.5. The molecule has 0 saturated heterocycles. The molecule has 4 aromatic carbocycles. The smallest absolute Gasteiger partial charge is 0.137 e. The van der Waals surface area contributed by atoms with Gasteiger partial charge in [-0.2, -0.15) is 5.10 Å². The molecule has 3 aromatic heterocycles. The maximum absolute atomic E-state index is 6.79. The molecule has 0 amide bonds. The van der Waals surface area contributed by atoms with E-state index in [1.807, 2.05) is 12.3 Å². The summed E-state index contributed by atoms with van der Waals surface area (Å²) in [7, 11) is 0. The zero-order valence-corrected chi connectivity index (χ0v) is 30.9. The molecule has 0 N–H and O–H groups in total. The predicted molar refractivity (Wildman–Crippen MR) is 208 cm³/mol. The number of benzene rings is 4. The van der Waals surface area contributed by atoms with Crippen LogP contribution in [-0.2, 0) is 6.42 Å². The summed E-state index contributed by atoms with van der Waals surface area (Å²) in [4.78, 5) is 4.82. The normalized spacial score (nSPS) is 12.7. The van der Waals surface area contributed by atoms with Gasteiger partial charge in [-0.05, 0) is 115 Å². The van der Waals surface area contributed by atoms with Crippen LogP contribution >= 0.6 is 0 Å². The number of hydrogen-bond acceptors (Lipinski definition) is 3. The minimum Gasteiger partial charge on any atom is -0.457 e. The Kier molecular flexibility index (Phi) is 8.63. The van der Waals surface area contributed by atoms with Gasteiger partial charge in [0.1, 0.15) is 17.3 Å². The predicted octanol–water partition coefficient (Wildman–Crippen LogP) is 12.1. The van der Waals surface area contributed by atoms with E-state index in [0.717, 1.165) is 51.8 Å². The lowest BCUT2D eigenvalue weighted by atomic mass is 9.88. The van der Waals surface area contributed by atoms with Crippen LogP contribution in [0.15, 0.2) is 103 Å². The van der Waals surface area contributed by atoms with Gasteiger partial charge in [-0.25, -0.2) is 9.67 Å². The SMILES string of the molecule is Cc1ccnc(-n2c3ccc(C(C)C(C)C)cc3c3ccc(Oc4cc(CC(C)(C)C)cc(-n5nc(C)c(-c6ccccc6)c5C)c4)cc32)c1. The quantitative estimate of drug-likeness (QED) is 0.163. The number of pyridine rings is 1. The fourth-order valence-corrected chi connectivity index (χ4v) is 7.23. The largest absolute Gasteiger partial charge is 0.457 e. The van der Waals surface area contributed by atoms with E-state index < -0.39 is 0 Å². The first kappa shape index (κ1) is 33.3. The maximum atomic E-state index is 6.79. The molecule has 5 heteroatoms. The van der Waals surface area contributed by atoms with E-state index in [9.17, 15) is 0 Å². The second-order valence-corrected chi connectivity index (χ2v) is 15.5. The number of nitrogens with zero attached hydrogens (tertiary/aromatic N) is 4. The lowest BCUT2D eigenvalue weighted by Gasteiger charge is -2.20. The van der Waals surface area contributed by atoms with E-state index in [1.165, 1.54) is 38.6 Å². The van der Waals surface area contributed by atoms with E-state index in [4.69, 9.17) is 14.8 Å². The topological polar surface area (TPSA) is 44.9 Å². The summed E-state index contributed by atoms with van der Waals surface area (Å²) in [6.45, 7) is 20.1. The molecule has 5 nitrogen and oxygen atoms in total.